The summed E-state index contributed by atoms with van der Waals surface area (Å²) in [5, 5.41) is 2.68. The number of nitrogens with one attached hydrogen (secondary N) is 2. The normalized spacial score (nSPS) is 18.8. The molecule has 0 atom stereocenters. The van der Waals surface area contributed by atoms with Crippen molar-refractivity contribution >= 4 is 37.5 Å². The molecule has 1 amide bonds. The van der Waals surface area contributed by atoms with E-state index >= 15 is 0 Å². The standard InChI is InChI=1S/C13H15BrN2O4S/c14-10-7-11-8(6-13(17)15-11)5-12(10)21(18,19)16-20-9-3-1-2-4-9/h5,7,9,16H,1-4,6H2,(H,15,17). The van der Waals surface area contributed by atoms with Gasteiger partial charge >= 0.3 is 0 Å². The molecular weight excluding hydrogens is 360 g/mol. The fraction of sp³-hybridized carbons (Fsp3) is 0.462. The van der Waals surface area contributed by atoms with Crippen LogP contribution in [0.2, 0.25) is 0 Å². The molecule has 1 fully saturated rings. The van der Waals surface area contributed by atoms with Gasteiger partial charge in [0.2, 0.25) is 5.91 Å². The summed E-state index contributed by atoms with van der Waals surface area (Å²) in [6, 6.07) is 3.10. The van der Waals surface area contributed by atoms with E-state index in [0.717, 1.165) is 25.7 Å². The predicted octanol–water partition coefficient (Wildman–Crippen LogP) is 2.10. The van der Waals surface area contributed by atoms with E-state index in [-0.39, 0.29) is 23.3 Å². The molecule has 0 saturated heterocycles. The van der Waals surface area contributed by atoms with Crippen molar-refractivity contribution in [3.63, 3.8) is 0 Å². The second-order valence-electron chi connectivity index (χ2n) is 5.28. The Kier molecular flexibility index (Phi) is 4.04. The first kappa shape index (κ1) is 15.0. The lowest BCUT2D eigenvalue weighted by molar-refractivity contribution is -0.115. The molecule has 0 bridgehead atoms. The molecule has 2 aliphatic rings. The average Bonchev–Trinajstić information content (AvgIpc) is 3.03. The zero-order valence-corrected chi connectivity index (χ0v) is 13.6. The predicted molar refractivity (Wildman–Crippen MR) is 80.1 cm³/mol. The van der Waals surface area contributed by atoms with Gasteiger partial charge in [-0.2, -0.15) is 0 Å². The van der Waals surface area contributed by atoms with E-state index in [1.807, 2.05) is 0 Å². The summed E-state index contributed by atoms with van der Waals surface area (Å²) >= 11 is 3.23. The van der Waals surface area contributed by atoms with Crippen LogP contribution in [0.25, 0.3) is 0 Å². The number of halogens is 1. The molecule has 1 saturated carbocycles. The van der Waals surface area contributed by atoms with Crippen molar-refractivity contribution < 1.29 is 18.0 Å². The highest BCUT2D eigenvalue weighted by Gasteiger charge is 2.26. The molecule has 0 radical (unpaired) electrons. The highest BCUT2D eigenvalue weighted by molar-refractivity contribution is 9.10. The summed E-state index contributed by atoms with van der Waals surface area (Å²) in [5.74, 6) is -0.137. The number of amides is 1. The number of anilines is 1. The molecule has 1 aliphatic carbocycles. The molecule has 1 heterocycles. The number of sulfonamides is 1. The molecule has 1 aromatic carbocycles. The minimum atomic E-state index is -3.78. The third-order valence-corrected chi connectivity index (χ3v) is 5.85. The van der Waals surface area contributed by atoms with Crippen LogP contribution < -0.4 is 10.2 Å². The maximum absolute atomic E-state index is 12.3. The number of hydrogen-bond donors (Lipinski definition) is 2. The van der Waals surface area contributed by atoms with Gasteiger partial charge in [-0.05, 0) is 46.5 Å². The lowest BCUT2D eigenvalue weighted by Crippen LogP contribution is -2.28. The lowest BCUT2D eigenvalue weighted by Gasteiger charge is -2.13. The van der Waals surface area contributed by atoms with Gasteiger partial charge in [0.05, 0.1) is 17.4 Å². The van der Waals surface area contributed by atoms with Crippen molar-refractivity contribution in [2.24, 2.45) is 0 Å². The monoisotopic (exact) mass is 374 g/mol. The minimum absolute atomic E-state index is 0.0591. The number of carbonyl (C=O) groups is 1. The van der Waals surface area contributed by atoms with E-state index in [2.05, 4.69) is 26.1 Å². The third kappa shape index (κ3) is 3.13. The number of carbonyl (C=O) groups excluding carboxylic acids is 1. The van der Waals surface area contributed by atoms with Crippen LogP contribution in [0.15, 0.2) is 21.5 Å². The second-order valence-corrected chi connectivity index (χ2v) is 7.74. The van der Waals surface area contributed by atoms with Crippen molar-refractivity contribution in [1.29, 1.82) is 0 Å². The smallest absolute Gasteiger partial charge is 0.263 e. The Morgan fingerprint density at radius 1 is 1.29 bits per heavy atom. The number of fused-ring (bicyclic) bond motifs is 1. The van der Waals surface area contributed by atoms with Crippen molar-refractivity contribution in [2.75, 3.05) is 5.32 Å². The van der Waals surface area contributed by atoms with Crippen LogP contribution in [0.5, 0.6) is 0 Å². The quantitative estimate of drug-likeness (QED) is 0.790. The number of hydrogen-bond acceptors (Lipinski definition) is 4. The van der Waals surface area contributed by atoms with Crippen molar-refractivity contribution in [3.05, 3.63) is 22.2 Å². The summed E-state index contributed by atoms with van der Waals surface area (Å²) in [6.07, 6.45) is 3.98. The molecular formula is C13H15BrN2O4S. The lowest BCUT2D eigenvalue weighted by atomic mass is 10.2. The first-order valence-corrected chi connectivity index (χ1v) is 9.03. The van der Waals surface area contributed by atoms with Gasteiger partial charge in [-0.15, -0.1) is 0 Å². The highest BCUT2D eigenvalue weighted by atomic mass is 79.9. The summed E-state index contributed by atoms with van der Waals surface area (Å²) in [6.45, 7) is 0. The molecule has 1 aromatic rings. The largest absolute Gasteiger partial charge is 0.325 e. The Bertz CT molecular complexity index is 684. The van der Waals surface area contributed by atoms with Crippen LogP contribution in [-0.2, 0) is 26.1 Å². The molecule has 1 aliphatic heterocycles. The Labute approximate surface area is 131 Å². The maximum atomic E-state index is 12.3. The van der Waals surface area contributed by atoms with Crippen molar-refractivity contribution in [1.82, 2.24) is 4.89 Å². The summed E-state index contributed by atoms with van der Waals surface area (Å²) in [7, 11) is -3.78. The van der Waals surface area contributed by atoms with Gasteiger partial charge in [-0.25, -0.2) is 8.42 Å². The number of benzene rings is 1. The zero-order chi connectivity index (χ0) is 15.0. The van der Waals surface area contributed by atoms with E-state index in [0.29, 0.717) is 15.7 Å². The van der Waals surface area contributed by atoms with E-state index in [9.17, 15) is 13.2 Å². The minimum Gasteiger partial charge on any atom is -0.325 e. The third-order valence-electron chi connectivity index (χ3n) is 3.70. The maximum Gasteiger partial charge on any atom is 0.263 e. The molecule has 0 spiro atoms. The fourth-order valence-electron chi connectivity index (χ4n) is 2.61. The molecule has 3 rings (SSSR count). The summed E-state index contributed by atoms with van der Waals surface area (Å²) in [5.41, 5.74) is 1.31. The molecule has 0 aromatic heterocycles. The Hall–Kier alpha value is -0.960. The summed E-state index contributed by atoms with van der Waals surface area (Å²) < 4.78 is 25.0. The molecule has 6 nitrogen and oxygen atoms in total. The average molecular weight is 375 g/mol. The summed E-state index contributed by atoms with van der Waals surface area (Å²) in [4.78, 5) is 18.9. The van der Waals surface area contributed by atoms with E-state index in [4.69, 9.17) is 4.84 Å². The van der Waals surface area contributed by atoms with Gasteiger partial charge in [-0.1, -0.05) is 17.7 Å². The first-order chi connectivity index (χ1) is 9.95. The van der Waals surface area contributed by atoms with E-state index in [1.165, 1.54) is 6.07 Å². The van der Waals surface area contributed by atoms with Crippen LogP contribution in [0.1, 0.15) is 31.2 Å². The Balaban J connectivity index is 1.81. The highest BCUT2D eigenvalue weighted by Crippen LogP contribution is 2.32. The van der Waals surface area contributed by atoms with Gasteiger partial charge in [0.25, 0.3) is 10.0 Å². The van der Waals surface area contributed by atoms with Crippen LogP contribution in [0.4, 0.5) is 5.69 Å². The van der Waals surface area contributed by atoms with Gasteiger partial charge < -0.3 is 5.32 Å². The van der Waals surface area contributed by atoms with Crippen LogP contribution in [0, 0.1) is 0 Å². The number of rotatable bonds is 4. The van der Waals surface area contributed by atoms with Gasteiger partial charge in [0.15, 0.2) is 0 Å². The molecule has 21 heavy (non-hydrogen) atoms. The molecule has 2 N–H and O–H groups in total. The van der Waals surface area contributed by atoms with Crippen LogP contribution in [0.3, 0.4) is 0 Å². The van der Waals surface area contributed by atoms with Gasteiger partial charge in [0, 0.05) is 10.2 Å². The SMILES string of the molecule is O=C1Cc2cc(S(=O)(=O)NOC3CCCC3)c(Br)cc2N1. The topological polar surface area (TPSA) is 84.5 Å². The van der Waals surface area contributed by atoms with E-state index in [1.54, 1.807) is 6.07 Å². The van der Waals surface area contributed by atoms with E-state index < -0.39 is 10.0 Å². The second kappa shape index (κ2) is 5.68. The molecule has 8 heteroatoms. The van der Waals surface area contributed by atoms with Gasteiger partial charge in [-0.3, -0.25) is 9.63 Å². The fourth-order valence-corrected chi connectivity index (χ4v) is 4.56. The van der Waals surface area contributed by atoms with Gasteiger partial charge in [0.1, 0.15) is 0 Å². The van der Waals surface area contributed by atoms with Crippen molar-refractivity contribution in [2.45, 2.75) is 43.1 Å². The molecule has 114 valence electrons. The molecule has 0 unspecified atom stereocenters. The Morgan fingerprint density at radius 2 is 2.00 bits per heavy atom. The van der Waals surface area contributed by atoms with Crippen molar-refractivity contribution in [3.8, 4) is 0 Å². The van der Waals surface area contributed by atoms with Crippen LogP contribution in [-0.4, -0.2) is 20.4 Å². The van der Waals surface area contributed by atoms with Crippen LogP contribution >= 0.6 is 15.9 Å². The zero-order valence-electron chi connectivity index (χ0n) is 11.2. The first-order valence-electron chi connectivity index (χ1n) is 6.75. The Morgan fingerprint density at radius 3 is 2.71 bits per heavy atom.